The van der Waals surface area contributed by atoms with Gasteiger partial charge in [-0.15, -0.1) is 0 Å². The molecule has 0 aliphatic carbocycles. The summed E-state index contributed by atoms with van der Waals surface area (Å²) in [5, 5.41) is 0. The molecule has 0 N–H and O–H groups in total. The third-order valence-corrected chi connectivity index (χ3v) is 4.45. The topological polar surface area (TPSA) is 59.1 Å². The lowest BCUT2D eigenvalue weighted by atomic mass is 9.98. The zero-order valence-electron chi connectivity index (χ0n) is 14.4. The Morgan fingerprint density at radius 1 is 1.21 bits per heavy atom. The van der Waals surface area contributed by atoms with E-state index in [1.165, 1.54) is 6.92 Å². The monoisotopic (exact) mass is 330 g/mol. The van der Waals surface area contributed by atoms with E-state index in [4.69, 9.17) is 9.47 Å². The fraction of sp³-hybridized carbons (Fsp3) is 0.444. The average Bonchev–Trinajstić information content (AvgIpc) is 2.88. The fourth-order valence-corrected chi connectivity index (χ4v) is 3.54. The number of hydrogen-bond acceptors (Lipinski definition) is 5. The maximum Gasteiger partial charge on any atom is 0.339 e. The van der Waals surface area contributed by atoms with Crippen LogP contribution in [0.3, 0.4) is 0 Å². The van der Waals surface area contributed by atoms with E-state index in [-0.39, 0.29) is 12.5 Å². The summed E-state index contributed by atoms with van der Waals surface area (Å²) in [6, 6.07) is 7.18. The lowest BCUT2D eigenvalue weighted by Gasteiger charge is -2.45. The van der Waals surface area contributed by atoms with Crippen molar-refractivity contribution < 1.29 is 19.1 Å². The number of esters is 1. The molecule has 1 aromatic carbocycles. The van der Waals surface area contributed by atoms with Crippen molar-refractivity contribution in [1.29, 1.82) is 0 Å². The van der Waals surface area contributed by atoms with Crippen molar-refractivity contribution in [2.75, 3.05) is 23.0 Å². The van der Waals surface area contributed by atoms with E-state index in [1.807, 2.05) is 31.2 Å². The Labute approximate surface area is 141 Å². The first kappa shape index (κ1) is 16.4. The number of para-hydroxylation sites is 2. The van der Waals surface area contributed by atoms with E-state index >= 15 is 0 Å². The van der Waals surface area contributed by atoms with Gasteiger partial charge in [0.15, 0.2) is 6.23 Å². The molecule has 24 heavy (non-hydrogen) atoms. The van der Waals surface area contributed by atoms with Gasteiger partial charge in [-0.1, -0.05) is 12.1 Å². The number of allylic oxidation sites excluding steroid dienone is 1. The molecule has 1 aromatic rings. The van der Waals surface area contributed by atoms with E-state index in [0.29, 0.717) is 17.9 Å². The smallest absolute Gasteiger partial charge is 0.339 e. The zero-order valence-corrected chi connectivity index (χ0v) is 14.4. The van der Waals surface area contributed by atoms with Crippen LogP contribution in [0.5, 0.6) is 0 Å². The quantitative estimate of drug-likeness (QED) is 0.797. The lowest BCUT2D eigenvalue weighted by molar-refractivity contribution is -0.138. The highest BCUT2D eigenvalue weighted by molar-refractivity contribution is 6.02. The Balaban J connectivity index is 2.15. The van der Waals surface area contributed by atoms with Crippen LogP contribution in [-0.2, 0) is 19.1 Å². The summed E-state index contributed by atoms with van der Waals surface area (Å²) in [5.74, 6) is -0.0431. The summed E-state index contributed by atoms with van der Waals surface area (Å²) in [4.78, 5) is 28.6. The summed E-state index contributed by atoms with van der Waals surface area (Å²) in [5.41, 5.74) is 2.13. The summed E-state index contributed by atoms with van der Waals surface area (Å²) in [6.45, 7) is 8.03. The third kappa shape index (κ3) is 2.33. The first-order valence-corrected chi connectivity index (χ1v) is 8.21. The Hall–Kier alpha value is -2.50. The van der Waals surface area contributed by atoms with Gasteiger partial charge in [0.1, 0.15) is 17.4 Å². The van der Waals surface area contributed by atoms with Gasteiger partial charge in [0.2, 0.25) is 5.91 Å². The molecule has 0 aromatic heterocycles. The largest absolute Gasteiger partial charge is 0.472 e. The van der Waals surface area contributed by atoms with Crippen LogP contribution >= 0.6 is 0 Å². The second-order valence-corrected chi connectivity index (χ2v) is 5.81. The highest BCUT2D eigenvalue weighted by Gasteiger charge is 2.50. The van der Waals surface area contributed by atoms with Crippen molar-refractivity contribution in [2.45, 2.75) is 40.0 Å². The van der Waals surface area contributed by atoms with Gasteiger partial charge in [0.05, 0.1) is 18.0 Å². The number of likely N-dealkylation sites (N-methyl/N-ethyl adjacent to an activating group) is 1. The minimum absolute atomic E-state index is 0.131. The number of carbonyl (C=O) groups is 2. The van der Waals surface area contributed by atoms with Gasteiger partial charge in [-0.05, 0) is 32.9 Å². The zero-order chi connectivity index (χ0) is 17.4. The van der Waals surface area contributed by atoms with Crippen LogP contribution in [0.15, 0.2) is 35.6 Å². The van der Waals surface area contributed by atoms with Crippen molar-refractivity contribution in [3.8, 4) is 0 Å². The van der Waals surface area contributed by atoms with E-state index in [0.717, 1.165) is 11.4 Å². The molecule has 0 bridgehead atoms. The molecular weight excluding hydrogens is 308 g/mol. The van der Waals surface area contributed by atoms with Gasteiger partial charge in [-0.25, -0.2) is 4.79 Å². The summed E-state index contributed by atoms with van der Waals surface area (Å²) >= 11 is 0. The molecule has 2 heterocycles. The van der Waals surface area contributed by atoms with Crippen molar-refractivity contribution in [3.05, 3.63) is 35.6 Å². The van der Waals surface area contributed by atoms with Gasteiger partial charge < -0.3 is 14.4 Å². The average molecular weight is 330 g/mol. The van der Waals surface area contributed by atoms with Gasteiger partial charge in [0, 0.05) is 13.5 Å². The van der Waals surface area contributed by atoms with Crippen LogP contribution in [-0.4, -0.2) is 37.3 Å². The predicted octanol–water partition coefficient (Wildman–Crippen LogP) is 2.44. The molecule has 2 aliphatic rings. The predicted molar refractivity (Wildman–Crippen MR) is 90.6 cm³/mol. The van der Waals surface area contributed by atoms with E-state index in [2.05, 4.69) is 4.90 Å². The lowest BCUT2D eigenvalue weighted by Crippen LogP contribution is -2.57. The Morgan fingerprint density at radius 2 is 1.88 bits per heavy atom. The van der Waals surface area contributed by atoms with Gasteiger partial charge in [-0.2, -0.15) is 0 Å². The molecule has 6 heteroatoms. The molecular formula is C18H22N2O4. The molecule has 6 nitrogen and oxygen atoms in total. The number of ether oxygens (including phenoxy) is 2. The minimum atomic E-state index is -0.503. The van der Waals surface area contributed by atoms with Crippen molar-refractivity contribution in [2.24, 2.45) is 0 Å². The molecule has 2 aliphatic heterocycles. The van der Waals surface area contributed by atoms with Crippen LogP contribution in [0.2, 0.25) is 0 Å². The van der Waals surface area contributed by atoms with Gasteiger partial charge >= 0.3 is 5.97 Å². The van der Waals surface area contributed by atoms with E-state index in [1.54, 1.807) is 18.7 Å². The number of amides is 1. The molecule has 0 spiro atoms. The van der Waals surface area contributed by atoms with E-state index < -0.39 is 18.2 Å². The van der Waals surface area contributed by atoms with Crippen molar-refractivity contribution in [1.82, 2.24) is 0 Å². The maximum atomic E-state index is 12.5. The number of nitrogens with zero attached hydrogens (tertiary/aromatic N) is 2. The summed E-state index contributed by atoms with van der Waals surface area (Å²) < 4.78 is 11.2. The highest BCUT2D eigenvalue weighted by Crippen LogP contribution is 2.44. The van der Waals surface area contributed by atoms with Gasteiger partial charge in [-0.3, -0.25) is 9.69 Å². The van der Waals surface area contributed by atoms with Crippen LogP contribution < -0.4 is 9.80 Å². The Morgan fingerprint density at radius 3 is 2.46 bits per heavy atom. The molecule has 128 valence electrons. The molecule has 0 fully saturated rings. The molecule has 2 atom stereocenters. The number of benzene rings is 1. The number of anilines is 2. The molecule has 0 saturated carbocycles. The molecule has 0 radical (unpaired) electrons. The summed E-state index contributed by atoms with van der Waals surface area (Å²) in [7, 11) is 0. The van der Waals surface area contributed by atoms with Crippen LogP contribution in [0.1, 0.15) is 27.7 Å². The Kier molecular flexibility index (Phi) is 4.22. The first-order valence-electron chi connectivity index (χ1n) is 8.21. The second-order valence-electron chi connectivity index (χ2n) is 5.81. The number of hydrogen-bond donors (Lipinski definition) is 0. The fourth-order valence-electron chi connectivity index (χ4n) is 3.54. The van der Waals surface area contributed by atoms with Crippen LogP contribution in [0.4, 0.5) is 11.4 Å². The molecule has 1 amide bonds. The number of carbonyl (C=O) groups excluding carboxylic acids is 2. The van der Waals surface area contributed by atoms with Crippen LogP contribution in [0.25, 0.3) is 0 Å². The Bertz CT molecular complexity index is 713. The molecule has 3 rings (SSSR count). The second kappa shape index (κ2) is 6.19. The van der Waals surface area contributed by atoms with Crippen molar-refractivity contribution >= 4 is 23.3 Å². The SMILES string of the molecule is CCOC(=O)C1=C(C)O[C@@H]2[C@H]1N(C(C)=O)c1ccccc1N2CC. The summed E-state index contributed by atoms with van der Waals surface area (Å²) in [6.07, 6.45) is -0.423. The third-order valence-electron chi connectivity index (χ3n) is 4.45. The highest BCUT2D eigenvalue weighted by atomic mass is 16.5. The first-order chi connectivity index (χ1) is 11.5. The van der Waals surface area contributed by atoms with Crippen molar-refractivity contribution in [3.63, 3.8) is 0 Å². The number of fused-ring (bicyclic) bond motifs is 2. The maximum absolute atomic E-state index is 12.5. The standard InChI is InChI=1S/C18H22N2O4/c1-5-19-13-9-7-8-10-14(13)20(12(4)21)16-15(18(22)23-6-2)11(3)24-17(16)19/h7-10,16-17H,5-6H2,1-4H3/t16-,17+/m0/s1. The van der Waals surface area contributed by atoms with Crippen LogP contribution in [0, 0.1) is 0 Å². The minimum Gasteiger partial charge on any atom is -0.472 e. The molecule has 0 unspecified atom stereocenters. The number of rotatable bonds is 3. The molecule has 0 saturated heterocycles. The normalized spacial score (nSPS) is 22.0. The van der Waals surface area contributed by atoms with Gasteiger partial charge in [0.25, 0.3) is 0 Å². The van der Waals surface area contributed by atoms with E-state index in [9.17, 15) is 9.59 Å².